The zero-order chi connectivity index (χ0) is 18.4. The Bertz CT molecular complexity index is 711. The van der Waals surface area contributed by atoms with E-state index in [-0.39, 0.29) is 6.03 Å². The summed E-state index contributed by atoms with van der Waals surface area (Å²) < 4.78 is 5.75. The topological polar surface area (TPSA) is 46.0 Å². The van der Waals surface area contributed by atoms with Crippen molar-refractivity contribution in [1.29, 1.82) is 0 Å². The van der Waals surface area contributed by atoms with Gasteiger partial charge in [-0.3, -0.25) is 0 Å². The molecule has 0 aromatic heterocycles. The van der Waals surface area contributed by atoms with Gasteiger partial charge >= 0.3 is 6.03 Å². The number of amides is 2. The summed E-state index contributed by atoms with van der Waals surface area (Å²) in [5, 5.41) is 3.68. The van der Waals surface area contributed by atoms with Gasteiger partial charge in [-0.15, -0.1) is 0 Å². The molecule has 3 rings (SSSR count). The Balaban J connectivity index is 1.37. The predicted molar refractivity (Wildman–Crippen MR) is 104 cm³/mol. The van der Waals surface area contributed by atoms with Crippen LogP contribution in [0.1, 0.15) is 5.56 Å². The number of ether oxygens (including phenoxy) is 1. The fraction of sp³-hybridized carbons (Fsp3) is 0.350. The highest BCUT2D eigenvalue weighted by molar-refractivity contribution is 6.30. The van der Waals surface area contributed by atoms with Gasteiger partial charge in [0, 0.05) is 10.7 Å². The molecule has 2 aromatic rings. The summed E-state index contributed by atoms with van der Waals surface area (Å²) in [4.78, 5) is 15.7. The molecule has 1 aliphatic heterocycles. The number of hydrogen-bond donors (Lipinski definition) is 2. The van der Waals surface area contributed by atoms with Crippen molar-refractivity contribution in [1.82, 2.24) is 4.90 Å². The normalized spacial score (nSPS) is 14.9. The summed E-state index contributed by atoms with van der Waals surface area (Å²) in [5.74, 6) is 0.838. The fourth-order valence-electron chi connectivity index (χ4n) is 2.96. The molecule has 2 N–H and O–H groups in total. The van der Waals surface area contributed by atoms with E-state index in [4.69, 9.17) is 16.3 Å². The molecular formula is C20H25ClN3O2+. The number of aryl methyl sites for hydroxylation is 1. The van der Waals surface area contributed by atoms with Crippen LogP contribution >= 0.6 is 11.6 Å². The van der Waals surface area contributed by atoms with Crippen molar-refractivity contribution >= 4 is 23.3 Å². The van der Waals surface area contributed by atoms with Gasteiger partial charge in [0.1, 0.15) is 18.9 Å². The number of nitrogens with zero attached hydrogens (tertiary/aromatic N) is 1. The van der Waals surface area contributed by atoms with Crippen LogP contribution in [0.3, 0.4) is 0 Å². The second-order valence-corrected chi connectivity index (χ2v) is 7.02. The van der Waals surface area contributed by atoms with Crippen molar-refractivity contribution in [3.63, 3.8) is 0 Å². The Hall–Kier alpha value is -2.24. The van der Waals surface area contributed by atoms with E-state index in [9.17, 15) is 4.79 Å². The molecule has 26 heavy (non-hydrogen) atoms. The van der Waals surface area contributed by atoms with Crippen LogP contribution in [0.2, 0.25) is 5.02 Å². The molecule has 1 aliphatic rings. The maximum atomic E-state index is 12.4. The largest absolute Gasteiger partial charge is 0.488 e. The molecule has 1 saturated heterocycles. The maximum absolute atomic E-state index is 12.4. The number of halogens is 1. The average Bonchev–Trinajstić information content (AvgIpc) is 2.66. The molecule has 2 aromatic carbocycles. The van der Waals surface area contributed by atoms with E-state index in [1.54, 1.807) is 0 Å². The van der Waals surface area contributed by atoms with Gasteiger partial charge in [-0.2, -0.15) is 0 Å². The van der Waals surface area contributed by atoms with Crippen LogP contribution < -0.4 is 15.0 Å². The van der Waals surface area contributed by atoms with Crippen LogP contribution in [-0.2, 0) is 0 Å². The molecule has 2 amide bonds. The molecule has 0 spiro atoms. The third kappa shape index (κ3) is 5.38. The second-order valence-electron chi connectivity index (χ2n) is 6.59. The van der Waals surface area contributed by atoms with E-state index in [2.05, 4.69) is 5.32 Å². The highest BCUT2D eigenvalue weighted by Crippen LogP contribution is 2.15. The van der Waals surface area contributed by atoms with Gasteiger partial charge in [-0.05, 0) is 43.3 Å². The van der Waals surface area contributed by atoms with Gasteiger partial charge in [-0.1, -0.05) is 29.3 Å². The average molecular weight is 375 g/mol. The first-order valence-electron chi connectivity index (χ1n) is 8.95. The fourth-order valence-corrected chi connectivity index (χ4v) is 3.09. The van der Waals surface area contributed by atoms with E-state index < -0.39 is 0 Å². The summed E-state index contributed by atoms with van der Waals surface area (Å²) in [6, 6.07) is 15.3. The quantitative estimate of drug-likeness (QED) is 0.844. The molecule has 0 unspecified atom stereocenters. The Kier molecular flexibility index (Phi) is 6.36. The highest BCUT2D eigenvalue weighted by atomic mass is 35.5. The lowest BCUT2D eigenvalue weighted by Crippen LogP contribution is -3.15. The Morgan fingerprint density at radius 1 is 1.12 bits per heavy atom. The lowest BCUT2D eigenvalue weighted by atomic mass is 10.2. The standard InChI is InChI=1S/C20H24ClN3O2/c1-16-2-6-18(7-3-16)22-20(25)24-12-10-23(11-13-24)14-15-26-19-8-4-17(21)5-9-19/h2-9H,10-15H2,1H3,(H,22,25)/p+1. The lowest BCUT2D eigenvalue weighted by molar-refractivity contribution is -0.903. The van der Waals surface area contributed by atoms with Crippen molar-refractivity contribution in [2.24, 2.45) is 0 Å². The predicted octanol–water partition coefficient (Wildman–Crippen LogP) is 2.46. The molecule has 0 aliphatic carbocycles. The minimum Gasteiger partial charge on any atom is -0.488 e. The summed E-state index contributed by atoms with van der Waals surface area (Å²) in [6.45, 7) is 7.01. The van der Waals surface area contributed by atoms with Crippen molar-refractivity contribution in [2.75, 3.05) is 44.6 Å². The van der Waals surface area contributed by atoms with Gasteiger partial charge in [-0.25, -0.2) is 4.79 Å². The third-order valence-electron chi connectivity index (χ3n) is 4.60. The monoisotopic (exact) mass is 374 g/mol. The van der Waals surface area contributed by atoms with Gasteiger partial charge in [0.15, 0.2) is 0 Å². The van der Waals surface area contributed by atoms with E-state index in [1.165, 1.54) is 10.5 Å². The minimum absolute atomic E-state index is 0.0229. The number of nitrogens with one attached hydrogen (secondary N) is 2. The van der Waals surface area contributed by atoms with Crippen LogP contribution in [0.15, 0.2) is 48.5 Å². The molecule has 0 saturated carbocycles. The number of quaternary nitrogens is 1. The van der Waals surface area contributed by atoms with Gasteiger partial charge in [0.05, 0.1) is 26.2 Å². The van der Waals surface area contributed by atoms with E-state index >= 15 is 0 Å². The molecule has 5 nitrogen and oxygen atoms in total. The van der Waals surface area contributed by atoms with Crippen molar-refractivity contribution in [3.8, 4) is 5.75 Å². The second kappa shape index (κ2) is 8.92. The van der Waals surface area contributed by atoms with Crippen LogP contribution in [0.5, 0.6) is 5.75 Å². The van der Waals surface area contributed by atoms with E-state index in [0.29, 0.717) is 11.6 Å². The molecule has 0 bridgehead atoms. The zero-order valence-corrected chi connectivity index (χ0v) is 15.8. The SMILES string of the molecule is Cc1ccc(NC(=O)N2CC[NH+](CCOc3ccc(Cl)cc3)CC2)cc1. The number of benzene rings is 2. The van der Waals surface area contributed by atoms with E-state index in [0.717, 1.165) is 44.2 Å². The number of piperazine rings is 1. The van der Waals surface area contributed by atoms with Gasteiger partial charge in [0.2, 0.25) is 0 Å². The summed E-state index contributed by atoms with van der Waals surface area (Å²) in [6.07, 6.45) is 0. The van der Waals surface area contributed by atoms with Crippen molar-refractivity contribution in [2.45, 2.75) is 6.92 Å². The van der Waals surface area contributed by atoms with Crippen molar-refractivity contribution in [3.05, 3.63) is 59.1 Å². The van der Waals surface area contributed by atoms with E-state index in [1.807, 2.05) is 60.4 Å². The number of urea groups is 1. The third-order valence-corrected chi connectivity index (χ3v) is 4.85. The molecule has 1 fully saturated rings. The number of anilines is 1. The molecule has 138 valence electrons. The Morgan fingerprint density at radius 2 is 1.77 bits per heavy atom. The smallest absolute Gasteiger partial charge is 0.322 e. The van der Waals surface area contributed by atoms with Gasteiger partial charge in [0.25, 0.3) is 0 Å². The summed E-state index contributed by atoms with van der Waals surface area (Å²) in [5.41, 5.74) is 2.02. The van der Waals surface area contributed by atoms with Crippen molar-refractivity contribution < 1.29 is 14.4 Å². The Morgan fingerprint density at radius 3 is 2.42 bits per heavy atom. The first kappa shape index (κ1) is 18.5. The van der Waals surface area contributed by atoms with Crippen LogP contribution in [-0.4, -0.2) is 50.3 Å². The number of carbonyl (C=O) groups is 1. The summed E-state index contributed by atoms with van der Waals surface area (Å²) >= 11 is 5.87. The van der Waals surface area contributed by atoms with Crippen LogP contribution in [0.4, 0.5) is 10.5 Å². The highest BCUT2D eigenvalue weighted by Gasteiger charge is 2.23. The lowest BCUT2D eigenvalue weighted by Gasteiger charge is -2.32. The summed E-state index contributed by atoms with van der Waals surface area (Å²) in [7, 11) is 0. The van der Waals surface area contributed by atoms with Crippen LogP contribution in [0.25, 0.3) is 0 Å². The number of rotatable bonds is 5. The Labute approximate surface area is 159 Å². The minimum atomic E-state index is -0.0229. The molecule has 0 radical (unpaired) electrons. The zero-order valence-electron chi connectivity index (χ0n) is 15.0. The maximum Gasteiger partial charge on any atom is 0.322 e. The van der Waals surface area contributed by atoms with Gasteiger partial charge < -0.3 is 19.9 Å². The number of carbonyl (C=O) groups excluding carboxylic acids is 1. The molecular weight excluding hydrogens is 350 g/mol. The van der Waals surface area contributed by atoms with Crippen LogP contribution in [0, 0.1) is 6.92 Å². The number of hydrogen-bond acceptors (Lipinski definition) is 2. The molecule has 6 heteroatoms. The first-order valence-corrected chi connectivity index (χ1v) is 9.32. The molecule has 1 heterocycles. The first-order chi connectivity index (χ1) is 12.6. The molecule has 0 atom stereocenters.